The normalized spacial score (nSPS) is 11.1. The van der Waals surface area contributed by atoms with Gasteiger partial charge in [-0.05, 0) is 23.6 Å². The molecule has 0 aliphatic rings. The van der Waals surface area contributed by atoms with E-state index in [1.807, 2.05) is 47.3 Å². The maximum Gasteiger partial charge on any atom is 0.227 e. The zero-order valence-corrected chi connectivity index (χ0v) is 13.4. The van der Waals surface area contributed by atoms with Gasteiger partial charge in [-0.15, -0.1) is 0 Å². The number of benzene rings is 1. The van der Waals surface area contributed by atoms with Crippen molar-refractivity contribution >= 4 is 22.6 Å². The number of hydrogen-bond acceptors (Lipinski definition) is 3. The smallest absolute Gasteiger partial charge is 0.227 e. The van der Waals surface area contributed by atoms with Crippen LogP contribution in [0.4, 0.5) is 5.82 Å². The number of pyridine rings is 1. The van der Waals surface area contributed by atoms with Gasteiger partial charge in [0, 0.05) is 18.0 Å². The third-order valence-electron chi connectivity index (χ3n) is 3.82. The summed E-state index contributed by atoms with van der Waals surface area (Å²) in [6, 6.07) is 11.9. The molecule has 0 aliphatic carbocycles. The highest BCUT2D eigenvalue weighted by Gasteiger charge is 2.11. The van der Waals surface area contributed by atoms with Crippen LogP contribution < -0.4 is 5.32 Å². The fraction of sp³-hybridized carbons (Fsp3) is 0.278. The van der Waals surface area contributed by atoms with E-state index in [0.717, 1.165) is 16.5 Å². The summed E-state index contributed by atoms with van der Waals surface area (Å²) in [6.07, 6.45) is 3.88. The highest BCUT2D eigenvalue weighted by Crippen LogP contribution is 2.21. The lowest BCUT2D eigenvalue weighted by Gasteiger charge is -2.12. The van der Waals surface area contributed by atoms with Crippen molar-refractivity contribution in [2.24, 2.45) is 0 Å². The Balaban J connectivity index is 1.66. The van der Waals surface area contributed by atoms with E-state index in [-0.39, 0.29) is 5.91 Å². The minimum atomic E-state index is -0.0508. The molecule has 0 atom stereocenters. The predicted octanol–water partition coefficient (Wildman–Crippen LogP) is 3.58. The number of nitrogens with zero attached hydrogens (tertiary/aromatic N) is 3. The molecule has 118 valence electrons. The number of nitrogens with one attached hydrogen (secondary N) is 1. The van der Waals surface area contributed by atoms with E-state index < -0.39 is 0 Å². The first kappa shape index (κ1) is 15.2. The monoisotopic (exact) mass is 308 g/mol. The number of aromatic nitrogens is 3. The van der Waals surface area contributed by atoms with Crippen LogP contribution in [0, 0.1) is 0 Å². The number of hydrogen-bond donors (Lipinski definition) is 1. The number of anilines is 1. The molecule has 1 N–H and O–H groups in total. The molecule has 5 heteroatoms. The standard InChI is InChI=1S/C18H20N4O/c1-13(2)15-7-5-10-19-18(15)21-17(23)9-11-22-16-8-4-3-6-14(16)12-20-22/h3-8,10,12-13H,9,11H2,1-2H3,(H,19,21,23). The van der Waals surface area contributed by atoms with Gasteiger partial charge in [-0.1, -0.05) is 38.1 Å². The molecular formula is C18H20N4O. The van der Waals surface area contributed by atoms with Gasteiger partial charge >= 0.3 is 0 Å². The summed E-state index contributed by atoms with van der Waals surface area (Å²) in [5.74, 6) is 0.914. The largest absolute Gasteiger partial charge is 0.310 e. The third kappa shape index (κ3) is 3.39. The van der Waals surface area contributed by atoms with Gasteiger partial charge in [-0.25, -0.2) is 4.98 Å². The van der Waals surface area contributed by atoms with Crippen LogP contribution in [-0.4, -0.2) is 20.7 Å². The lowest BCUT2D eigenvalue weighted by molar-refractivity contribution is -0.116. The average molecular weight is 308 g/mol. The van der Waals surface area contributed by atoms with Crippen LogP contribution in [0.2, 0.25) is 0 Å². The molecule has 0 radical (unpaired) electrons. The van der Waals surface area contributed by atoms with Crippen molar-refractivity contribution in [3.05, 3.63) is 54.4 Å². The summed E-state index contributed by atoms with van der Waals surface area (Å²) < 4.78 is 1.86. The maximum absolute atomic E-state index is 12.2. The SMILES string of the molecule is CC(C)c1cccnc1NC(=O)CCn1ncc2ccccc21. The van der Waals surface area contributed by atoms with Crippen molar-refractivity contribution < 1.29 is 4.79 Å². The Labute approximate surface area is 135 Å². The van der Waals surface area contributed by atoms with Crippen LogP contribution in [0.1, 0.15) is 31.7 Å². The maximum atomic E-state index is 12.2. The number of rotatable bonds is 5. The topological polar surface area (TPSA) is 59.8 Å². The zero-order valence-electron chi connectivity index (χ0n) is 13.4. The third-order valence-corrected chi connectivity index (χ3v) is 3.82. The Kier molecular flexibility index (Phi) is 4.37. The Morgan fingerprint density at radius 1 is 1.22 bits per heavy atom. The van der Waals surface area contributed by atoms with Gasteiger partial charge in [-0.2, -0.15) is 5.10 Å². The van der Waals surface area contributed by atoms with Crippen molar-refractivity contribution in [2.45, 2.75) is 32.7 Å². The van der Waals surface area contributed by atoms with Crippen LogP contribution in [0.15, 0.2) is 48.8 Å². The number of amides is 1. The minimum Gasteiger partial charge on any atom is -0.310 e. The Hall–Kier alpha value is -2.69. The van der Waals surface area contributed by atoms with E-state index in [1.54, 1.807) is 6.20 Å². The van der Waals surface area contributed by atoms with Crippen molar-refractivity contribution in [1.29, 1.82) is 0 Å². The number of aryl methyl sites for hydroxylation is 1. The quantitative estimate of drug-likeness (QED) is 0.783. The molecule has 0 saturated heterocycles. The molecule has 3 rings (SSSR count). The first-order valence-corrected chi connectivity index (χ1v) is 7.80. The molecule has 2 heterocycles. The van der Waals surface area contributed by atoms with Gasteiger partial charge in [0.2, 0.25) is 5.91 Å². The molecule has 2 aromatic heterocycles. The van der Waals surface area contributed by atoms with E-state index >= 15 is 0 Å². The minimum absolute atomic E-state index is 0.0508. The van der Waals surface area contributed by atoms with Crippen molar-refractivity contribution in [3.63, 3.8) is 0 Å². The Morgan fingerprint density at radius 2 is 2.04 bits per heavy atom. The second kappa shape index (κ2) is 6.60. The second-order valence-electron chi connectivity index (χ2n) is 5.82. The molecule has 0 saturated carbocycles. The number of fused-ring (bicyclic) bond motifs is 1. The molecule has 0 aliphatic heterocycles. The molecule has 3 aromatic rings. The summed E-state index contributed by atoms with van der Waals surface area (Å²) in [5.41, 5.74) is 2.09. The number of carbonyl (C=O) groups is 1. The van der Waals surface area contributed by atoms with Crippen LogP contribution in [0.5, 0.6) is 0 Å². The first-order chi connectivity index (χ1) is 11.1. The van der Waals surface area contributed by atoms with Gasteiger partial charge in [0.25, 0.3) is 0 Å². The molecule has 23 heavy (non-hydrogen) atoms. The zero-order chi connectivity index (χ0) is 16.2. The molecule has 0 bridgehead atoms. The molecule has 5 nitrogen and oxygen atoms in total. The van der Waals surface area contributed by atoms with Gasteiger partial charge < -0.3 is 5.32 Å². The van der Waals surface area contributed by atoms with E-state index in [9.17, 15) is 4.79 Å². The molecule has 0 spiro atoms. The lowest BCUT2D eigenvalue weighted by atomic mass is 10.0. The molecule has 1 aromatic carbocycles. The lowest BCUT2D eigenvalue weighted by Crippen LogP contribution is -2.17. The van der Waals surface area contributed by atoms with E-state index in [4.69, 9.17) is 0 Å². The van der Waals surface area contributed by atoms with Gasteiger partial charge in [0.15, 0.2) is 0 Å². The molecule has 1 amide bonds. The molecule has 0 unspecified atom stereocenters. The van der Waals surface area contributed by atoms with Gasteiger partial charge in [-0.3, -0.25) is 9.48 Å². The summed E-state index contributed by atoms with van der Waals surface area (Å²) in [5, 5.41) is 8.34. The highest BCUT2D eigenvalue weighted by molar-refractivity contribution is 5.90. The Bertz CT molecular complexity index is 823. The van der Waals surface area contributed by atoms with Crippen molar-refractivity contribution in [3.8, 4) is 0 Å². The fourth-order valence-electron chi connectivity index (χ4n) is 2.59. The van der Waals surface area contributed by atoms with Crippen LogP contribution in [0.25, 0.3) is 10.9 Å². The van der Waals surface area contributed by atoms with Gasteiger partial charge in [0.05, 0.1) is 18.3 Å². The van der Waals surface area contributed by atoms with E-state index in [2.05, 4.69) is 29.2 Å². The van der Waals surface area contributed by atoms with Gasteiger partial charge in [0.1, 0.15) is 5.82 Å². The fourth-order valence-corrected chi connectivity index (χ4v) is 2.59. The molecule has 0 fully saturated rings. The summed E-state index contributed by atoms with van der Waals surface area (Å²) in [6.45, 7) is 4.72. The number of para-hydroxylation sites is 1. The summed E-state index contributed by atoms with van der Waals surface area (Å²) >= 11 is 0. The van der Waals surface area contributed by atoms with E-state index in [0.29, 0.717) is 24.7 Å². The van der Waals surface area contributed by atoms with Crippen LogP contribution in [-0.2, 0) is 11.3 Å². The van der Waals surface area contributed by atoms with E-state index in [1.165, 1.54) is 0 Å². The second-order valence-corrected chi connectivity index (χ2v) is 5.82. The number of carbonyl (C=O) groups excluding carboxylic acids is 1. The van der Waals surface area contributed by atoms with Crippen molar-refractivity contribution in [1.82, 2.24) is 14.8 Å². The average Bonchev–Trinajstić information content (AvgIpc) is 2.96. The summed E-state index contributed by atoms with van der Waals surface area (Å²) in [7, 11) is 0. The highest BCUT2D eigenvalue weighted by atomic mass is 16.1. The van der Waals surface area contributed by atoms with Crippen LogP contribution >= 0.6 is 0 Å². The Morgan fingerprint density at radius 3 is 2.87 bits per heavy atom. The summed E-state index contributed by atoms with van der Waals surface area (Å²) in [4.78, 5) is 16.5. The first-order valence-electron chi connectivity index (χ1n) is 7.80. The van der Waals surface area contributed by atoms with Crippen LogP contribution in [0.3, 0.4) is 0 Å². The molecular weight excluding hydrogens is 288 g/mol. The van der Waals surface area contributed by atoms with Crippen molar-refractivity contribution in [2.75, 3.05) is 5.32 Å². The predicted molar refractivity (Wildman–Crippen MR) is 91.3 cm³/mol.